The zero-order chi connectivity index (χ0) is 14.4. The Labute approximate surface area is 118 Å². The van der Waals surface area contributed by atoms with Crippen molar-refractivity contribution < 1.29 is 9.53 Å². The zero-order valence-corrected chi connectivity index (χ0v) is 11.4. The first-order valence-electron chi connectivity index (χ1n) is 6.54. The van der Waals surface area contributed by atoms with Gasteiger partial charge in [0.15, 0.2) is 0 Å². The molecule has 4 heteroatoms. The Balaban J connectivity index is 1.97. The summed E-state index contributed by atoms with van der Waals surface area (Å²) in [6.45, 7) is 3.28. The number of nitrogens with one attached hydrogen (secondary N) is 1. The van der Waals surface area contributed by atoms with Crippen LogP contribution >= 0.6 is 0 Å². The molecule has 0 spiro atoms. The van der Waals surface area contributed by atoms with Gasteiger partial charge in [0.25, 0.3) is 0 Å². The van der Waals surface area contributed by atoms with Crippen molar-refractivity contribution in [1.82, 2.24) is 0 Å². The van der Waals surface area contributed by atoms with E-state index in [2.05, 4.69) is 5.32 Å². The molecule has 0 aliphatic carbocycles. The molecule has 0 aliphatic rings. The topological polar surface area (TPSA) is 64.3 Å². The van der Waals surface area contributed by atoms with Gasteiger partial charge in [-0.2, -0.15) is 0 Å². The Kier molecular flexibility index (Phi) is 4.60. The van der Waals surface area contributed by atoms with E-state index in [0.29, 0.717) is 18.7 Å². The molecule has 2 aromatic carbocycles. The quantitative estimate of drug-likeness (QED) is 0.848. The molecule has 0 unspecified atom stereocenters. The van der Waals surface area contributed by atoms with E-state index >= 15 is 0 Å². The van der Waals surface area contributed by atoms with Gasteiger partial charge >= 0.3 is 0 Å². The van der Waals surface area contributed by atoms with Crippen LogP contribution in [-0.4, -0.2) is 12.5 Å². The van der Waals surface area contributed by atoms with Gasteiger partial charge < -0.3 is 15.8 Å². The highest BCUT2D eigenvalue weighted by molar-refractivity contribution is 5.92. The van der Waals surface area contributed by atoms with Gasteiger partial charge in [-0.1, -0.05) is 18.2 Å². The number of ether oxygens (including phenoxy) is 1. The molecule has 0 atom stereocenters. The van der Waals surface area contributed by atoms with Crippen molar-refractivity contribution in [3.63, 3.8) is 0 Å². The number of primary amides is 1. The van der Waals surface area contributed by atoms with Crippen molar-refractivity contribution in [3.8, 4) is 5.75 Å². The molecule has 4 nitrogen and oxygen atoms in total. The molecule has 2 aromatic rings. The molecule has 0 bridgehead atoms. The number of anilines is 1. The van der Waals surface area contributed by atoms with Gasteiger partial charge in [0, 0.05) is 23.9 Å². The molecule has 0 heterocycles. The minimum Gasteiger partial charge on any atom is -0.494 e. The van der Waals surface area contributed by atoms with Crippen molar-refractivity contribution in [2.24, 2.45) is 5.73 Å². The van der Waals surface area contributed by atoms with Crippen LogP contribution in [-0.2, 0) is 6.54 Å². The van der Waals surface area contributed by atoms with E-state index in [1.54, 1.807) is 12.1 Å². The Morgan fingerprint density at radius 3 is 2.60 bits per heavy atom. The molecular formula is C16H18N2O2. The third-order valence-corrected chi connectivity index (χ3v) is 2.88. The van der Waals surface area contributed by atoms with E-state index in [1.807, 2.05) is 43.3 Å². The number of carbonyl (C=O) groups excluding carboxylic acids is 1. The van der Waals surface area contributed by atoms with E-state index in [9.17, 15) is 4.79 Å². The highest BCUT2D eigenvalue weighted by atomic mass is 16.5. The molecule has 2 rings (SSSR count). The zero-order valence-electron chi connectivity index (χ0n) is 11.4. The summed E-state index contributed by atoms with van der Waals surface area (Å²) in [5.41, 5.74) is 7.80. The van der Waals surface area contributed by atoms with Gasteiger partial charge in [-0.05, 0) is 36.8 Å². The molecule has 0 saturated heterocycles. The van der Waals surface area contributed by atoms with Crippen LogP contribution in [0.3, 0.4) is 0 Å². The summed E-state index contributed by atoms with van der Waals surface area (Å²) in [5.74, 6) is 0.440. The summed E-state index contributed by atoms with van der Waals surface area (Å²) in [4.78, 5) is 11.0. The fraction of sp³-hybridized carbons (Fsp3) is 0.188. The predicted octanol–water partition coefficient (Wildman–Crippen LogP) is 2.80. The van der Waals surface area contributed by atoms with Crippen LogP contribution in [0.25, 0.3) is 0 Å². The van der Waals surface area contributed by atoms with E-state index in [4.69, 9.17) is 10.5 Å². The van der Waals surface area contributed by atoms with Crippen LogP contribution in [0.5, 0.6) is 5.75 Å². The lowest BCUT2D eigenvalue weighted by Gasteiger charge is -2.09. The molecule has 0 aromatic heterocycles. The Bertz CT molecular complexity index is 579. The molecular weight excluding hydrogens is 252 g/mol. The normalized spacial score (nSPS) is 10.1. The number of nitrogens with two attached hydrogens (primary N) is 1. The number of benzene rings is 2. The van der Waals surface area contributed by atoms with Crippen LogP contribution in [0.2, 0.25) is 0 Å². The van der Waals surface area contributed by atoms with Crippen LogP contribution in [0.1, 0.15) is 22.8 Å². The highest BCUT2D eigenvalue weighted by Crippen LogP contribution is 2.18. The number of hydrogen-bond donors (Lipinski definition) is 2. The summed E-state index contributed by atoms with van der Waals surface area (Å²) in [6, 6.07) is 15.1. The second-order valence-electron chi connectivity index (χ2n) is 4.38. The maximum Gasteiger partial charge on any atom is 0.248 e. The molecule has 0 aliphatic heterocycles. The molecule has 1 amide bonds. The van der Waals surface area contributed by atoms with Crippen LogP contribution in [0.4, 0.5) is 5.69 Å². The van der Waals surface area contributed by atoms with Gasteiger partial charge in [-0.15, -0.1) is 0 Å². The number of hydrogen-bond acceptors (Lipinski definition) is 3. The van der Waals surface area contributed by atoms with Crippen LogP contribution in [0, 0.1) is 0 Å². The van der Waals surface area contributed by atoms with E-state index < -0.39 is 5.91 Å². The summed E-state index contributed by atoms with van der Waals surface area (Å²) >= 11 is 0. The average Bonchev–Trinajstić information content (AvgIpc) is 2.46. The maximum atomic E-state index is 11.0. The van der Waals surface area contributed by atoms with Crippen molar-refractivity contribution >= 4 is 11.6 Å². The fourth-order valence-electron chi connectivity index (χ4n) is 1.85. The van der Waals surface area contributed by atoms with E-state index in [-0.39, 0.29) is 0 Å². The summed E-state index contributed by atoms with van der Waals surface area (Å²) in [6.07, 6.45) is 0. The first-order valence-corrected chi connectivity index (χ1v) is 6.54. The molecule has 104 valence electrons. The van der Waals surface area contributed by atoms with Crippen molar-refractivity contribution in [2.75, 3.05) is 11.9 Å². The highest BCUT2D eigenvalue weighted by Gasteiger charge is 2.00. The fourth-order valence-corrected chi connectivity index (χ4v) is 1.85. The minimum absolute atomic E-state index is 0.408. The summed E-state index contributed by atoms with van der Waals surface area (Å²) < 4.78 is 5.45. The smallest absolute Gasteiger partial charge is 0.248 e. The lowest BCUT2D eigenvalue weighted by atomic mass is 10.1. The summed E-state index contributed by atoms with van der Waals surface area (Å²) in [5, 5.41) is 3.31. The predicted molar refractivity (Wildman–Crippen MR) is 79.9 cm³/mol. The third-order valence-electron chi connectivity index (χ3n) is 2.88. The van der Waals surface area contributed by atoms with Crippen molar-refractivity contribution in [1.29, 1.82) is 0 Å². The molecule has 0 saturated carbocycles. The largest absolute Gasteiger partial charge is 0.494 e. The van der Waals surface area contributed by atoms with E-state index in [0.717, 1.165) is 17.0 Å². The first-order chi connectivity index (χ1) is 9.69. The van der Waals surface area contributed by atoms with Crippen LogP contribution in [0.15, 0.2) is 48.5 Å². The lowest BCUT2D eigenvalue weighted by Crippen LogP contribution is -2.10. The van der Waals surface area contributed by atoms with Gasteiger partial charge in [0.2, 0.25) is 5.91 Å². The van der Waals surface area contributed by atoms with Crippen molar-refractivity contribution in [3.05, 3.63) is 59.7 Å². The molecule has 0 fully saturated rings. The Morgan fingerprint density at radius 1 is 1.20 bits per heavy atom. The SMILES string of the molecule is CCOc1cccc(NCc2ccc(C(N)=O)cc2)c1. The van der Waals surface area contributed by atoms with E-state index in [1.165, 1.54) is 0 Å². The molecule has 3 N–H and O–H groups in total. The van der Waals surface area contributed by atoms with Crippen molar-refractivity contribution in [2.45, 2.75) is 13.5 Å². The maximum absolute atomic E-state index is 11.0. The number of carbonyl (C=O) groups is 1. The van der Waals surface area contributed by atoms with Gasteiger partial charge in [-0.3, -0.25) is 4.79 Å². The minimum atomic E-state index is -0.408. The second kappa shape index (κ2) is 6.61. The summed E-state index contributed by atoms with van der Waals surface area (Å²) in [7, 11) is 0. The lowest BCUT2D eigenvalue weighted by molar-refractivity contribution is 0.100. The monoisotopic (exact) mass is 270 g/mol. The van der Waals surface area contributed by atoms with Gasteiger partial charge in [0.1, 0.15) is 5.75 Å². The number of rotatable bonds is 6. The Hall–Kier alpha value is -2.49. The average molecular weight is 270 g/mol. The first kappa shape index (κ1) is 13.9. The molecule has 0 radical (unpaired) electrons. The van der Waals surface area contributed by atoms with Gasteiger partial charge in [0.05, 0.1) is 6.61 Å². The second-order valence-corrected chi connectivity index (χ2v) is 4.38. The van der Waals surface area contributed by atoms with Gasteiger partial charge in [-0.25, -0.2) is 0 Å². The standard InChI is InChI=1S/C16H18N2O2/c1-2-20-15-5-3-4-14(10-15)18-11-12-6-8-13(9-7-12)16(17)19/h3-10,18H,2,11H2,1H3,(H2,17,19). The third kappa shape index (κ3) is 3.75. The number of amides is 1. The Morgan fingerprint density at radius 2 is 1.95 bits per heavy atom. The van der Waals surface area contributed by atoms with Crippen LogP contribution < -0.4 is 15.8 Å². The molecule has 20 heavy (non-hydrogen) atoms.